The lowest BCUT2D eigenvalue weighted by molar-refractivity contribution is 0.991. The quantitative estimate of drug-likeness (QED) is 0.570. The maximum atomic E-state index is 11.2. The van der Waals surface area contributed by atoms with Crippen LogP contribution in [0.1, 0.15) is 5.82 Å². The molecule has 3 N–H and O–H groups in total. The van der Waals surface area contributed by atoms with Gasteiger partial charge in [-0.05, 0) is 6.92 Å². The molecule has 6 heteroatoms. The van der Waals surface area contributed by atoms with E-state index in [1.165, 1.54) is 6.20 Å². The highest BCUT2D eigenvalue weighted by atomic mass is 16.1. The number of nitrogens with zero attached hydrogens (tertiary/aromatic N) is 3. The molecule has 66 valence electrons. The van der Waals surface area contributed by atoms with Crippen LogP contribution >= 0.6 is 0 Å². The number of hydrogen-bond donors (Lipinski definition) is 2. The zero-order valence-corrected chi connectivity index (χ0v) is 6.90. The second-order valence-electron chi connectivity index (χ2n) is 2.62. The molecule has 0 aliphatic rings. The fraction of sp³-hybridized carbons (Fsp3) is 0.143. The maximum absolute atomic E-state index is 11.2. The van der Waals surface area contributed by atoms with Crippen LogP contribution in [0.2, 0.25) is 0 Å². The third kappa shape index (κ3) is 1.12. The molecule has 0 aliphatic carbocycles. The number of aryl methyl sites for hydroxylation is 1. The van der Waals surface area contributed by atoms with E-state index in [4.69, 9.17) is 5.73 Å². The van der Waals surface area contributed by atoms with Gasteiger partial charge in [0.1, 0.15) is 22.5 Å². The molecule has 0 bridgehead atoms. The summed E-state index contributed by atoms with van der Waals surface area (Å²) in [4.78, 5) is 19.1. The van der Waals surface area contributed by atoms with Gasteiger partial charge in [0.25, 0.3) is 5.56 Å². The van der Waals surface area contributed by atoms with E-state index >= 15 is 0 Å². The first kappa shape index (κ1) is 7.66. The van der Waals surface area contributed by atoms with E-state index < -0.39 is 0 Å². The number of rotatable bonds is 0. The summed E-state index contributed by atoms with van der Waals surface area (Å²) in [5, 5.41) is 6.17. The van der Waals surface area contributed by atoms with Gasteiger partial charge in [0, 0.05) is 0 Å². The van der Waals surface area contributed by atoms with Gasteiger partial charge in [-0.2, -0.15) is 5.10 Å². The molecule has 2 heterocycles. The second kappa shape index (κ2) is 2.51. The Labute approximate surface area is 72.8 Å². The number of nitrogens with two attached hydrogens (primary N) is 1. The number of aromatic amines is 1. The van der Waals surface area contributed by atoms with Crippen LogP contribution in [0.25, 0.3) is 10.9 Å². The summed E-state index contributed by atoms with van der Waals surface area (Å²) < 4.78 is 0. The standard InChI is InChI=1S/C7H7N5O/c1-3-10-4-2-9-12-7(13)5(4)6(8)11-3/h2H,1H3,(H,12,13)(H2,8,10,11). The number of nitrogen functional groups attached to an aromatic ring is 1. The van der Waals surface area contributed by atoms with E-state index in [2.05, 4.69) is 20.2 Å². The van der Waals surface area contributed by atoms with Crippen molar-refractivity contribution in [3.63, 3.8) is 0 Å². The van der Waals surface area contributed by atoms with Crippen molar-refractivity contribution < 1.29 is 0 Å². The number of aromatic nitrogens is 4. The minimum absolute atomic E-state index is 0.186. The zero-order chi connectivity index (χ0) is 9.42. The summed E-state index contributed by atoms with van der Waals surface area (Å²) in [6.45, 7) is 1.71. The molecule has 6 nitrogen and oxygen atoms in total. The minimum atomic E-state index is -0.366. The smallest absolute Gasteiger partial charge is 0.277 e. The Kier molecular flexibility index (Phi) is 1.48. The molecular weight excluding hydrogens is 170 g/mol. The monoisotopic (exact) mass is 177 g/mol. The van der Waals surface area contributed by atoms with Gasteiger partial charge in [0.05, 0.1) is 6.20 Å². The molecule has 13 heavy (non-hydrogen) atoms. The Morgan fingerprint density at radius 2 is 2.23 bits per heavy atom. The Balaban J connectivity index is 3.03. The highest BCUT2D eigenvalue weighted by molar-refractivity contribution is 5.86. The Hall–Kier alpha value is -1.98. The molecule has 0 saturated carbocycles. The van der Waals surface area contributed by atoms with Crippen LogP contribution in [0.3, 0.4) is 0 Å². The molecule has 0 radical (unpaired) electrons. The average molecular weight is 177 g/mol. The van der Waals surface area contributed by atoms with E-state index in [9.17, 15) is 4.79 Å². The molecule has 0 saturated heterocycles. The van der Waals surface area contributed by atoms with Crippen molar-refractivity contribution in [3.8, 4) is 0 Å². The van der Waals surface area contributed by atoms with Gasteiger partial charge in [0.15, 0.2) is 0 Å². The van der Waals surface area contributed by atoms with Crippen molar-refractivity contribution in [2.75, 3.05) is 5.73 Å². The maximum Gasteiger partial charge on any atom is 0.277 e. The molecule has 0 atom stereocenters. The third-order valence-corrected chi connectivity index (χ3v) is 1.66. The summed E-state index contributed by atoms with van der Waals surface area (Å²) in [5.74, 6) is 0.712. The van der Waals surface area contributed by atoms with Crippen molar-refractivity contribution in [3.05, 3.63) is 22.4 Å². The molecule has 2 aromatic heterocycles. The lowest BCUT2D eigenvalue weighted by Gasteiger charge is -1.99. The normalized spacial score (nSPS) is 10.5. The predicted octanol–water partition coefficient (Wildman–Crippen LogP) is -0.396. The fourth-order valence-corrected chi connectivity index (χ4v) is 1.15. The minimum Gasteiger partial charge on any atom is -0.383 e. The van der Waals surface area contributed by atoms with Crippen molar-refractivity contribution >= 4 is 16.7 Å². The molecule has 0 aromatic carbocycles. The number of fused-ring (bicyclic) bond motifs is 1. The van der Waals surface area contributed by atoms with Gasteiger partial charge in [-0.25, -0.2) is 15.1 Å². The third-order valence-electron chi connectivity index (χ3n) is 1.66. The van der Waals surface area contributed by atoms with Crippen LogP contribution in [0.4, 0.5) is 5.82 Å². The Morgan fingerprint density at radius 3 is 3.00 bits per heavy atom. The van der Waals surface area contributed by atoms with Crippen LogP contribution in [0, 0.1) is 6.92 Å². The van der Waals surface area contributed by atoms with Gasteiger partial charge in [-0.1, -0.05) is 0 Å². The molecular formula is C7H7N5O. The van der Waals surface area contributed by atoms with Crippen LogP contribution < -0.4 is 11.3 Å². The first-order valence-electron chi connectivity index (χ1n) is 3.66. The zero-order valence-electron chi connectivity index (χ0n) is 6.90. The summed E-state index contributed by atoms with van der Waals surface area (Å²) in [7, 11) is 0. The van der Waals surface area contributed by atoms with E-state index in [1.54, 1.807) is 6.92 Å². The lowest BCUT2D eigenvalue weighted by atomic mass is 10.3. The number of H-pyrrole nitrogens is 1. The first-order valence-corrected chi connectivity index (χ1v) is 3.66. The molecule has 0 spiro atoms. The number of anilines is 1. The van der Waals surface area contributed by atoms with Gasteiger partial charge in [-0.3, -0.25) is 4.79 Å². The summed E-state index contributed by atoms with van der Waals surface area (Å²) in [6.07, 6.45) is 1.45. The predicted molar refractivity (Wildman–Crippen MR) is 47.1 cm³/mol. The van der Waals surface area contributed by atoms with Crippen LogP contribution in [0.5, 0.6) is 0 Å². The Bertz CT molecular complexity index is 518. The topological polar surface area (TPSA) is 97.5 Å². The van der Waals surface area contributed by atoms with Crippen LogP contribution in [-0.4, -0.2) is 20.2 Å². The van der Waals surface area contributed by atoms with Gasteiger partial charge >= 0.3 is 0 Å². The van der Waals surface area contributed by atoms with E-state index in [0.717, 1.165) is 0 Å². The van der Waals surface area contributed by atoms with Gasteiger partial charge in [-0.15, -0.1) is 0 Å². The van der Waals surface area contributed by atoms with Crippen molar-refractivity contribution in [1.82, 2.24) is 20.2 Å². The first-order chi connectivity index (χ1) is 6.18. The molecule has 2 rings (SSSR count). The van der Waals surface area contributed by atoms with Crippen molar-refractivity contribution in [2.24, 2.45) is 0 Å². The van der Waals surface area contributed by atoms with Crippen LogP contribution in [-0.2, 0) is 0 Å². The number of nitrogens with one attached hydrogen (secondary N) is 1. The van der Waals surface area contributed by atoms with Crippen LogP contribution in [0.15, 0.2) is 11.0 Å². The largest absolute Gasteiger partial charge is 0.383 e. The second-order valence-corrected chi connectivity index (χ2v) is 2.62. The van der Waals surface area contributed by atoms with Gasteiger partial charge < -0.3 is 5.73 Å². The fourth-order valence-electron chi connectivity index (χ4n) is 1.15. The highest BCUT2D eigenvalue weighted by Crippen LogP contribution is 2.10. The Morgan fingerprint density at radius 1 is 1.46 bits per heavy atom. The summed E-state index contributed by atoms with van der Waals surface area (Å²) in [6, 6.07) is 0. The van der Waals surface area contributed by atoms with E-state index in [1.807, 2.05) is 0 Å². The SMILES string of the molecule is Cc1nc(N)c2c(=O)[nH]ncc2n1. The molecule has 0 unspecified atom stereocenters. The van der Waals surface area contributed by atoms with E-state index in [-0.39, 0.29) is 11.4 Å². The van der Waals surface area contributed by atoms with Gasteiger partial charge in [0.2, 0.25) is 0 Å². The molecule has 0 amide bonds. The van der Waals surface area contributed by atoms with Crippen molar-refractivity contribution in [1.29, 1.82) is 0 Å². The average Bonchev–Trinajstić information content (AvgIpc) is 2.02. The molecule has 0 fully saturated rings. The summed E-state index contributed by atoms with van der Waals surface area (Å²) in [5.41, 5.74) is 5.66. The summed E-state index contributed by atoms with van der Waals surface area (Å²) >= 11 is 0. The highest BCUT2D eigenvalue weighted by Gasteiger charge is 2.05. The van der Waals surface area contributed by atoms with E-state index in [0.29, 0.717) is 16.7 Å². The number of hydrogen-bond acceptors (Lipinski definition) is 5. The van der Waals surface area contributed by atoms with Crippen molar-refractivity contribution in [2.45, 2.75) is 6.92 Å². The molecule has 0 aliphatic heterocycles. The molecule has 2 aromatic rings. The lowest BCUT2D eigenvalue weighted by Crippen LogP contribution is -2.12.